The van der Waals surface area contributed by atoms with E-state index in [4.69, 9.17) is 4.74 Å². The molecule has 1 saturated heterocycles. The van der Waals surface area contributed by atoms with Gasteiger partial charge in [0.15, 0.2) is 5.78 Å². The van der Waals surface area contributed by atoms with Crippen LogP contribution in [-0.2, 0) is 0 Å². The van der Waals surface area contributed by atoms with Gasteiger partial charge in [0.1, 0.15) is 5.75 Å². The Hall–Kier alpha value is -2.91. The lowest BCUT2D eigenvalue weighted by Crippen LogP contribution is -2.38. The number of likely N-dealkylation sites (tertiary alicyclic amines) is 1. The van der Waals surface area contributed by atoms with Crippen molar-refractivity contribution < 1.29 is 9.53 Å². The summed E-state index contributed by atoms with van der Waals surface area (Å²) in [6.07, 6.45) is 1.82. The van der Waals surface area contributed by atoms with E-state index in [1.165, 1.54) is 22.3 Å². The van der Waals surface area contributed by atoms with Gasteiger partial charge in [-0.3, -0.25) is 9.69 Å². The number of hydrogen-bond acceptors (Lipinski definition) is 3. The van der Waals surface area contributed by atoms with E-state index in [2.05, 4.69) is 53.4 Å². The largest absolute Gasteiger partial charge is 0.497 e. The number of piperidine rings is 1. The monoisotopic (exact) mass is 383 g/mol. The molecule has 29 heavy (non-hydrogen) atoms. The molecule has 146 valence electrons. The van der Waals surface area contributed by atoms with Crippen LogP contribution in [0.3, 0.4) is 0 Å². The summed E-state index contributed by atoms with van der Waals surface area (Å²) in [6, 6.07) is 25.3. The minimum absolute atomic E-state index is 0.103. The van der Waals surface area contributed by atoms with E-state index in [1.807, 2.05) is 24.3 Å². The minimum Gasteiger partial charge on any atom is -0.497 e. The van der Waals surface area contributed by atoms with Crippen LogP contribution in [0.25, 0.3) is 11.1 Å². The molecule has 0 amide bonds. The fourth-order valence-corrected chi connectivity index (χ4v) is 4.93. The van der Waals surface area contributed by atoms with Crippen LogP contribution in [0.5, 0.6) is 5.75 Å². The topological polar surface area (TPSA) is 29.5 Å². The second-order valence-electron chi connectivity index (χ2n) is 7.98. The summed E-state index contributed by atoms with van der Waals surface area (Å²) in [5.41, 5.74) is 6.29. The van der Waals surface area contributed by atoms with Crippen LogP contribution < -0.4 is 4.74 Å². The molecule has 1 heterocycles. The number of benzene rings is 3. The Morgan fingerprint density at radius 3 is 1.93 bits per heavy atom. The smallest absolute Gasteiger partial charge is 0.166 e. The van der Waals surface area contributed by atoms with Crippen LogP contribution >= 0.6 is 0 Å². The van der Waals surface area contributed by atoms with Gasteiger partial charge in [-0.2, -0.15) is 0 Å². The molecule has 3 heteroatoms. The van der Waals surface area contributed by atoms with Crippen LogP contribution in [0.2, 0.25) is 0 Å². The Morgan fingerprint density at radius 1 is 0.828 bits per heavy atom. The van der Waals surface area contributed by atoms with Crippen LogP contribution in [0.15, 0.2) is 72.8 Å². The first-order valence-corrected chi connectivity index (χ1v) is 10.4. The first-order chi connectivity index (χ1) is 14.3. The zero-order chi connectivity index (χ0) is 19.8. The molecule has 0 unspecified atom stereocenters. The molecule has 2 aliphatic rings. The van der Waals surface area contributed by atoms with Crippen LogP contribution in [0, 0.1) is 5.92 Å². The maximum Gasteiger partial charge on any atom is 0.166 e. The van der Waals surface area contributed by atoms with Crippen LogP contribution in [-0.4, -0.2) is 30.9 Å². The molecule has 3 nitrogen and oxygen atoms in total. The Balaban J connectivity index is 1.34. The first-order valence-electron chi connectivity index (χ1n) is 10.4. The minimum atomic E-state index is 0.103. The van der Waals surface area contributed by atoms with Crippen LogP contribution in [0.4, 0.5) is 0 Å². The van der Waals surface area contributed by atoms with E-state index in [1.54, 1.807) is 7.11 Å². The zero-order valence-electron chi connectivity index (χ0n) is 16.7. The molecule has 3 aromatic carbocycles. The number of rotatable bonds is 4. The fourth-order valence-electron chi connectivity index (χ4n) is 4.93. The van der Waals surface area contributed by atoms with Crippen molar-refractivity contribution in [3.63, 3.8) is 0 Å². The van der Waals surface area contributed by atoms with Crippen molar-refractivity contribution in [2.75, 3.05) is 20.2 Å². The number of ether oxygens (including phenoxy) is 1. The van der Waals surface area contributed by atoms with Crippen molar-refractivity contribution >= 4 is 5.78 Å². The maximum absolute atomic E-state index is 13.0. The number of carbonyl (C=O) groups is 1. The molecule has 0 saturated carbocycles. The third-order valence-electron chi connectivity index (χ3n) is 6.44. The van der Waals surface area contributed by atoms with E-state index in [0.717, 1.165) is 37.2 Å². The summed E-state index contributed by atoms with van der Waals surface area (Å²) in [5, 5.41) is 0. The predicted octanol–water partition coefficient (Wildman–Crippen LogP) is 5.36. The van der Waals surface area contributed by atoms with Crippen molar-refractivity contribution in [2.24, 2.45) is 5.92 Å². The van der Waals surface area contributed by atoms with Gasteiger partial charge >= 0.3 is 0 Å². The highest BCUT2D eigenvalue weighted by molar-refractivity contribution is 5.98. The molecule has 0 N–H and O–H groups in total. The van der Waals surface area contributed by atoms with Crippen molar-refractivity contribution in [2.45, 2.75) is 18.9 Å². The molecule has 5 rings (SSSR count). The van der Waals surface area contributed by atoms with E-state index < -0.39 is 0 Å². The number of methoxy groups -OCH3 is 1. The molecular weight excluding hydrogens is 358 g/mol. The third-order valence-corrected chi connectivity index (χ3v) is 6.44. The lowest BCUT2D eigenvalue weighted by atomic mass is 9.87. The van der Waals surface area contributed by atoms with Crippen molar-refractivity contribution in [1.82, 2.24) is 4.90 Å². The summed E-state index contributed by atoms with van der Waals surface area (Å²) < 4.78 is 5.20. The number of hydrogen-bond donors (Lipinski definition) is 0. The van der Waals surface area contributed by atoms with Crippen molar-refractivity contribution in [3.8, 4) is 16.9 Å². The van der Waals surface area contributed by atoms with Gasteiger partial charge in [-0.15, -0.1) is 0 Å². The molecule has 1 aliphatic heterocycles. The number of fused-ring (bicyclic) bond motifs is 3. The van der Waals surface area contributed by atoms with E-state index in [9.17, 15) is 4.79 Å². The van der Waals surface area contributed by atoms with Gasteiger partial charge in [0.2, 0.25) is 0 Å². The summed E-state index contributed by atoms with van der Waals surface area (Å²) >= 11 is 0. The summed E-state index contributed by atoms with van der Waals surface area (Å²) in [7, 11) is 1.64. The van der Waals surface area contributed by atoms with Gasteiger partial charge in [0, 0.05) is 11.5 Å². The summed E-state index contributed by atoms with van der Waals surface area (Å²) in [6.45, 7) is 1.89. The maximum atomic E-state index is 13.0. The second kappa shape index (κ2) is 7.49. The Labute approximate surface area is 171 Å². The molecule has 0 aromatic heterocycles. The lowest BCUT2D eigenvalue weighted by molar-refractivity contribution is 0.0815. The highest BCUT2D eigenvalue weighted by Gasteiger charge is 2.35. The third kappa shape index (κ3) is 3.16. The Kier molecular flexibility index (Phi) is 4.69. The predicted molar refractivity (Wildman–Crippen MR) is 115 cm³/mol. The quantitative estimate of drug-likeness (QED) is 0.568. The number of Topliss-reactive ketones (excluding diaryl/α,β-unsaturated/α-hetero) is 1. The highest BCUT2D eigenvalue weighted by Crippen LogP contribution is 2.47. The molecule has 0 spiro atoms. The zero-order valence-corrected chi connectivity index (χ0v) is 16.7. The number of ketones is 1. The summed E-state index contributed by atoms with van der Waals surface area (Å²) in [5.74, 6) is 1.15. The SMILES string of the molecule is COc1ccc(C(=O)C2CCN(C3c4ccccc4-c4ccccc43)CC2)cc1. The standard InChI is InChI=1S/C26H25NO2/c1-29-20-12-10-18(11-13-20)26(28)19-14-16-27(17-15-19)25-23-8-4-2-6-21(23)22-7-3-5-9-24(22)25/h2-13,19,25H,14-17H2,1H3. The Bertz CT molecular complexity index is 987. The van der Waals surface area contributed by atoms with Gasteiger partial charge in [-0.05, 0) is 72.5 Å². The molecule has 3 aromatic rings. The average molecular weight is 383 g/mol. The number of nitrogens with zero attached hydrogens (tertiary/aromatic N) is 1. The van der Waals surface area contributed by atoms with E-state index in [0.29, 0.717) is 6.04 Å². The van der Waals surface area contributed by atoms with Gasteiger partial charge in [0.05, 0.1) is 13.2 Å². The molecule has 1 aliphatic carbocycles. The first kappa shape index (κ1) is 18.1. The van der Waals surface area contributed by atoms with E-state index in [-0.39, 0.29) is 11.7 Å². The molecule has 0 radical (unpaired) electrons. The van der Waals surface area contributed by atoms with Gasteiger partial charge in [-0.1, -0.05) is 48.5 Å². The second-order valence-corrected chi connectivity index (χ2v) is 7.98. The van der Waals surface area contributed by atoms with Crippen LogP contribution in [0.1, 0.15) is 40.4 Å². The van der Waals surface area contributed by atoms with Crippen molar-refractivity contribution in [3.05, 3.63) is 89.5 Å². The van der Waals surface area contributed by atoms with E-state index >= 15 is 0 Å². The van der Waals surface area contributed by atoms with Gasteiger partial charge < -0.3 is 4.74 Å². The van der Waals surface area contributed by atoms with Gasteiger partial charge in [-0.25, -0.2) is 0 Å². The average Bonchev–Trinajstić information content (AvgIpc) is 3.13. The van der Waals surface area contributed by atoms with Gasteiger partial charge in [0.25, 0.3) is 0 Å². The fraction of sp³-hybridized carbons (Fsp3) is 0.269. The normalized spacial score (nSPS) is 17.0. The van der Waals surface area contributed by atoms with Crippen molar-refractivity contribution in [1.29, 1.82) is 0 Å². The molecular formula is C26H25NO2. The summed E-state index contributed by atoms with van der Waals surface area (Å²) in [4.78, 5) is 15.5. The highest BCUT2D eigenvalue weighted by atomic mass is 16.5. The molecule has 0 atom stereocenters. The number of carbonyl (C=O) groups excluding carboxylic acids is 1. The molecule has 0 bridgehead atoms. The molecule has 1 fully saturated rings. The Morgan fingerprint density at radius 2 is 1.38 bits per heavy atom. The lowest BCUT2D eigenvalue weighted by Gasteiger charge is -2.36.